The minimum Gasteiger partial charge on any atom is -0.481 e. The summed E-state index contributed by atoms with van der Waals surface area (Å²) in [6, 6.07) is 8.06. The lowest BCUT2D eigenvalue weighted by molar-refractivity contribution is -0.235. The molecule has 0 unspecified atom stereocenters. The van der Waals surface area contributed by atoms with Crippen LogP contribution in [0.3, 0.4) is 0 Å². The van der Waals surface area contributed by atoms with Crippen molar-refractivity contribution in [2.45, 2.75) is 172 Å². The molecule has 9 atom stereocenters. The molecule has 0 aromatic heterocycles. The third-order valence-corrected chi connectivity index (χ3v) is 17.6. The van der Waals surface area contributed by atoms with E-state index in [1.54, 1.807) is 0 Å². The Morgan fingerprint density at radius 3 is 2.19 bits per heavy atom. The number of fused-ring (bicyclic) bond motifs is 7. The summed E-state index contributed by atoms with van der Waals surface area (Å²) in [5.41, 5.74) is 2.20. The number of halogens is 1. The van der Waals surface area contributed by atoms with Gasteiger partial charge in [-0.15, -0.1) is 0 Å². The van der Waals surface area contributed by atoms with Crippen LogP contribution in [-0.2, 0) is 25.7 Å². The number of hydrogen-bond acceptors (Lipinski definition) is 6. The van der Waals surface area contributed by atoms with E-state index in [1.807, 2.05) is 26.0 Å². The summed E-state index contributed by atoms with van der Waals surface area (Å²) in [5, 5.41) is 22.8. The van der Waals surface area contributed by atoms with Crippen molar-refractivity contribution in [3.05, 3.63) is 46.0 Å². The van der Waals surface area contributed by atoms with Crippen LogP contribution in [0.5, 0.6) is 0 Å². The van der Waals surface area contributed by atoms with Crippen molar-refractivity contribution >= 4 is 29.3 Å². The van der Waals surface area contributed by atoms with Gasteiger partial charge in [-0.05, 0) is 139 Å². The predicted octanol–water partition coefficient (Wildman–Crippen LogP) is 11.3. The molecule has 8 heteroatoms. The highest BCUT2D eigenvalue weighted by Crippen LogP contribution is 2.77. The van der Waals surface area contributed by atoms with E-state index in [-0.39, 0.29) is 64.2 Å². The topological polar surface area (TPSA) is 104 Å². The highest BCUT2D eigenvalue weighted by atomic mass is 35.5. The summed E-state index contributed by atoms with van der Waals surface area (Å²) >= 11 is 6.25. The van der Waals surface area contributed by atoms with Crippen LogP contribution in [0.25, 0.3) is 0 Å². The van der Waals surface area contributed by atoms with Gasteiger partial charge in [0.15, 0.2) is 5.78 Å². The van der Waals surface area contributed by atoms with Crippen molar-refractivity contribution in [2.75, 3.05) is 13.1 Å². The molecular formula is C50H76ClNO6. The van der Waals surface area contributed by atoms with Crippen LogP contribution in [0.4, 0.5) is 0 Å². The number of aliphatic carboxylic acids is 1. The van der Waals surface area contributed by atoms with Crippen LogP contribution in [-0.4, -0.2) is 58.1 Å². The minimum atomic E-state index is -0.898. The zero-order valence-electron chi connectivity index (χ0n) is 37.8. The van der Waals surface area contributed by atoms with Gasteiger partial charge in [-0.2, -0.15) is 0 Å². The molecule has 0 aliphatic heterocycles. The predicted molar refractivity (Wildman–Crippen MR) is 232 cm³/mol. The van der Waals surface area contributed by atoms with Crippen LogP contribution >= 0.6 is 11.6 Å². The normalized spacial score (nSPS) is 35.1. The number of ether oxygens (including phenoxy) is 1. The quantitative estimate of drug-likeness (QED) is 0.180. The fraction of sp³-hybridized carbons (Fsp3) is 0.780. The zero-order chi connectivity index (χ0) is 42.8. The number of carboxylic acids is 1. The summed E-state index contributed by atoms with van der Waals surface area (Å²) in [7, 11) is 0. The summed E-state index contributed by atoms with van der Waals surface area (Å²) < 4.78 is 6.30. The Bertz CT molecular complexity index is 1750. The Morgan fingerprint density at radius 1 is 0.897 bits per heavy atom. The van der Waals surface area contributed by atoms with Gasteiger partial charge < -0.3 is 14.9 Å². The molecule has 0 saturated heterocycles. The molecule has 7 nitrogen and oxygen atoms in total. The van der Waals surface area contributed by atoms with Gasteiger partial charge in [0.05, 0.1) is 18.9 Å². The average Bonchev–Trinajstić information content (AvgIpc) is 3.42. The Morgan fingerprint density at radius 2 is 1.57 bits per heavy atom. The maximum Gasteiger partial charge on any atom is 0.306 e. The lowest BCUT2D eigenvalue weighted by Crippen LogP contribution is -2.66. The van der Waals surface area contributed by atoms with Crippen molar-refractivity contribution in [3.8, 4) is 0 Å². The van der Waals surface area contributed by atoms with E-state index in [9.17, 15) is 24.6 Å². The first-order valence-electron chi connectivity index (χ1n) is 22.7. The lowest BCUT2D eigenvalue weighted by atomic mass is 9.33. The van der Waals surface area contributed by atoms with Gasteiger partial charge in [-0.25, -0.2) is 0 Å². The molecule has 0 heterocycles. The second kappa shape index (κ2) is 16.2. The Labute approximate surface area is 355 Å². The SMILES string of the molecule is CC(C)CCN(Cc1ccc(Cl)cc1)C[C@@H](O)[C@@]12CC[C@]3(C)[C@H](CC[C@@H]4[C@@]5(C)CC[C@H](OC(=O)CC(C)(C)CC(=O)O)C(C)(C)[C@@H]5CC[C@]43C)C1=C(C(C)C)C(=O)C2. The number of carboxylic acid groups (broad SMARTS) is 1. The average molecular weight is 823 g/mol. The largest absolute Gasteiger partial charge is 0.481 e. The van der Waals surface area contributed by atoms with Gasteiger partial charge in [-0.1, -0.05) is 105 Å². The summed E-state index contributed by atoms with van der Waals surface area (Å²) in [6.45, 7) is 27.0. The zero-order valence-corrected chi connectivity index (χ0v) is 38.6. The number of aliphatic hydroxyl groups excluding tert-OH is 1. The number of aliphatic hydroxyl groups is 1. The number of carbonyl (C=O) groups is 3. The highest BCUT2D eigenvalue weighted by molar-refractivity contribution is 6.30. The number of benzene rings is 1. The number of esters is 1. The van der Waals surface area contributed by atoms with Crippen LogP contribution in [0.2, 0.25) is 5.02 Å². The number of ketones is 1. The molecule has 58 heavy (non-hydrogen) atoms. The molecule has 2 N–H and O–H groups in total. The molecule has 1 aromatic rings. The van der Waals surface area contributed by atoms with Crippen LogP contribution in [0, 0.1) is 62.1 Å². The standard InChI is InChI=1S/C50H76ClNO6/c1-31(2)20-25-52(29-33-12-14-34(51)15-13-33)30-39(54)50-24-23-48(10)35(44(50)43(32(3)4)36(53)26-50)16-17-38-47(9)21-19-40(46(7,8)37(47)18-22-49(38,48)11)58-42(57)28-45(5,6)27-41(55)56/h12-15,31-32,35,37-40,54H,16-30H2,1-11H3,(H,55,56)/t35-,37+,38-,39-,40+,47+,48-,49-,50+/m1/s1. The van der Waals surface area contributed by atoms with E-state index < -0.39 is 22.9 Å². The summed E-state index contributed by atoms with van der Waals surface area (Å²) in [5.74, 6) is 0.849. The molecule has 0 bridgehead atoms. The van der Waals surface area contributed by atoms with Gasteiger partial charge in [0.25, 0.3) is 0 Å². The first-order chi connectivity index (χ1) is 26.9. The van der Waals surface area contributed by atoms with Gasteiger partial charge in [0.1, 0.15) is 6.10 Å². The fourth-order valence-electron chi connectivity index (χ4n) is 14.3. The number of hydrogen-bond donors (Lipinski definition) is 2. The fourth-order valence-corrected chi connectivity index (χ4v) is 14.4. The Balaban J connectivity index is 1.27. The third-order valence-electron chi connectivity index (χ3n) is 17.4. The molecule has 0 radical (unpaired) electrons. The molecule has 6 rings (SSSR count). The molecule has 4 saturated carbocycles. The van der Waals surface area contributed by atoms with Crippen molar-refractivity contribution in [1.82, 2.24) is 4.90 Å². The number of rotatable bonds is 14. The molecular weight excluding hydrogens is 746 g/mol. The summed E-state index contributed by atoms with van der Waals surface area (Å²) in [6.07, 6.45) is 8.59. The lowest BCUT2D eigenvalue weighted by Gasteiger charge is -2.72. The molecule has 5 aliphatic carbocycles. The maximum atomic E-state index is 14.3. The van der Waals surface area contributed by atoms with E-state index in [0.29, 0.717) is 30.7 Å². The number of nitrogens with zero attached hydrogens (tertiary/aromatic N) is 1. The molecule has 5 aliphatic rings. The van der Waals surface area contributed by atoms with E-state index in [2.05, 4.69) is 79.3 Å². The highest BCUT2D eigenvalue weighted by Gasteiger charge is 2.71. The first-order valence-corrected chi connectivity index (χ1v) is 23.1. The number of allylic oxidation sites excluding steroid dienone is 1. The smallest absolute Gasteiger partial charge is 0.306 e. The van der Waals surface area contributed by atoms with Crippen molar-refractivity contribution in [3.63, 3.8) is 0 Å². The Kier molecular flexibility index (Phi) is 12.7. The molecule has 0 spiro atoms. The number of carbonyl (C=O) groups excluding carboxylic acids is 2. The molecule has 0 amide bonds. The third kappa shape index (κ3) is 8.01. The van der Waals surface area contributed by atoms with Gasteiger partial charge in [0.2, 0.25) is 0 Å². The van der Waals surface area contributed by atoms with E-state index in [0.717, 1.165) is 81.5 Å². The summed E-state index contributed by atoms with van der Waals surface area (Å²) in [4.78, 5) is 41.5. The number of Topliss-reactive ketones (excluding diaryl/α,β-unsaturated/α-hetero) is 1. The molecule has 4 fully saturated rings. The van der Waals surface area contributed by atoms with Crippen LogP contribution in [0.15, 0.2) is 35.4 Å². The van der Waals surface area contributed by atoms with Gasteiger partial charge in [0, 0.05) is 35.4 Å². The van der Waals surface area contributed by atoms with Crippen LogP contribution < -0.4 is 0 Å². The van der Waals surface area contributed by atoms with Crippen LogP contribution in [0.1, 0.15) is 159 Å². The van der Waals surface area contributed by atoms with E-state index >= 15 is 0 Å². The molecule has 324 valence electrons. The van der Waals surface area contributed by atoms with Gasteiger partial charge in [-0.3, -0.25) is 19.3 Å². The van der Waals surface area contributed by atoms with Crippen molar-refractivity contribution in [1.29, 1.82) is 0 Å². The van der Waals surface area contributed by atoms with E-state index in [1.165, 1.54) is 11.1 Å². The minimum absolute atomic E-state index is 0.0168. The van der Waals surface area contributed by atoms with Crippen molar-refractivity contribution in [2.24, 2.45) is 62.1 Å². The van der Waals surface area contributed by atoms with E-state index in [4.69, 9.17) is 16.3 Å². The maximum absolute atomic E-state index is 14.3. The molecule has 1 aromatic carbocycles. The monoisotopic (exact) mass is 822 g/mol. The second-order valence-electron chi connectivity index (χ2n) is 22.7. The van der Waals surface area contributed by atoms with Crippen molar-refractivity contribution < 1.29 is 29.3 Å². The first kappa shape index (κ1) is 45.3. The van der Waals surface area contributed by atoms with Gasteiger partial charge >= 0.3 is 11.9 Å². The second-order valence-corrected chi connectivity index (χ2v) is 23.1. The Hall–Kier alpha value is -2.22.